The summed E-state index contributed by atoms with van der Waals surface area (Å²) in [4.78, 5) is 8.39. The predicted octanol–water partition coefficient (Wildman–Crippen LogP) is 2.22. The predicted molar refractivity (Wildman–Crippen MR) is 105 cm³/mol. The first-order valence-corrected chi connectivity index (χ1v) is 8.77. The standard InChI is InChI=1S/C20H24N6/c1-21-20(24-14-10-18-4-2-11-22-16-18)23-13-9-17-5-7-19(8-6-17)26-15-3-12-25-26/h2-8,11-12,15-16H,9-10,13-14H2,1H3,(H2,21,23,24). The summed E-state index contributed by atoms with van der Waals surface area (Å²) >= 11 is 0. The van der Waals surface area contributed by atoms with Crippen LogP contribution in [-0.4, -0.2) is 40.9 Å². The highest BCUT2D eigenvalue weighted by Gasteiger charge is 2.00. The smallest absolute Gasteiger partial charge is 0.190 e. The van der Waals surface area contributed by atoms with Crippen LogP contribution in [0.15, 0.2) is 72.2 Å². The van der Waals surface area contributed by atoms with Crippen molar-refractivity contribution in [2.75, 3.05) is 20.1 Å². The van der Waals surface area contributed by atoms with E-state index in [0.29, 0.717) is 0 Å². The lowest BCUT2D eigenvalue weighted by atomic mass is 10.1. The van der Waals surface area contributed by atoms with Gasteiger partial charge in [0.05, 0.1) is 5.69 Å². The van der Waals surface area contributed by atoms with Crippen LogP contribution < -0.4 is 10.6 Å². The van der Waals surface area contributed by atoms with Crippen molar-refractivity contribution in [1.29, 1.82) is 0 Å². The van der Waals surface area contributed by atoms with E-state index < -0.39 is 0 Å². The first-order chi connectivity index (χ1) is 12.8. The Balaban J connectivity index is 1.40. The molecule has 6 nitrogen and oxygen atoms in total. The van der Waals surface area contributed by atoms with Crippen molar-refractivity contribution in [2.24, 2.45) is 4.99 Å². The van der Waals surface area contributed by atoms with E-state index in [2.05, 4.69) is 56.0 Å². The maximum absolute atomic E-state index is 4.27. The molecule has 26 heavy (non-hydrogen) atoms. The fraction of sp³-hybridized carbons (Fsp3) is 0.250. The van der Waals surface area contributed by atoms with Gasteiger partial charge in [0, 0.05) is 44.9 Å². The molecule has 2 heterocycles. The van der Waals surface area contributed by atoms with Crippen molar-refractivity contribution >= 4 is 5.96 Å². The lowest BCUT2D eigenvalue weighted by Crippen LogP contribution is -2.39. The summed E-state index contributed by atoms with van der Waals surface area (Å²) < 4.78 is 1.86. The molecule has 6 heteroatoms. The molecule has 0 aliphatic heterocycles. The van der Waals surface area contributed by atoms with Crippen molar-refractivity contribution in [2.45, 2.75) is 12.8 Å². The molecule has 0 bridgehead atoms. The highest BCUT2D eigenvalue weighted by Crippen LogP contribution is 2.08. The lowest BCUT2D eigenvalue weighted by molar-refractivity contribution is 0.782. The number of aromatic nitrogens is 3. The van der Waals surface area contributed by atoms with Crippen LogP contribution in [0.1, 0.15) is 11.1 Å². The molecule has 3 rings (SSSR count). The van der Waals surface area contributed by atoms with Gasteiger partial charge in [-0.3, -0.25) is 9.98 Å². The van der Waals surface area contributed by atoms with Crippen LogP contribution in [0.4, 0.5) is 0 Å². The topological polar surface area (TPSA) is 67.1 Å². The highest BCUT2D eigenvalue weighted by molar-refractivity contribution is 5.79. The molecule has 0 saturated heterocycles. The zero-order valence-corrected chi connectivity index (χ0v) is 15.0. The fourth-order valence-corrected chi connectivity index (χ4v) is 2.65. The Labute approximate surface area is 154 Å². The minimum absolute atomic E-state index is 0.821. The van der Waals surface area contributed by atoms with Gasteiger partial charge < -0.3 is 10.6 Å². The van der Waals surface area contributed by atoms with E-state index in [0.717, 1.165) is 37.6 Å². The third kappa shape index (κ3) is 5.17. The molecule has 0 aliphatic carbocycles. The number of hydrogen-bond acceptors (Lipinski definition) is 3. The molecule has 0 saturated carbocycles. The SMILES string of the molecule is CN=C(NCCc1ccc(-n2cccn2)cc1)NCCc1cccnc1. The lowest BCUT2D eigenvalue weighted by Gasteiger charge is -2.12. The molecule has 0 atom stereocenters. The molecule has 2 N–H and O–H groups in total. The average Bonchev–Trinajstić information content (AvgIpc) is 3.23. The molecular weight excluding hydrogens is 324 g/mol. The summed E-state index contributed by atoms with van der Waals surface area (Å²) in [6.45, 7) is 1.65. The summed E-state index contributed by atoms with van der Waals surface area (Å²) in [5.74, 6) is 0.821. The van der Waals surface area contributed by atoms with Crippen LogP contribution >= 0.6 is 0 Å². The molecule has 2 aromatic heterocycles. The van der Waals surface area contributed by atoms with E-state index >= 15 is 0 Å². The van der Waals surface area contributed by atoms with Gasteiger partial charge in [-0.2, -0.15) is 5.10 Å². The van der Waals surface area contributed by atoms with Gasteiger partial charge in [0.2, 0.25) is 0 Å². The number of hydrogen-bond donors (Lipinski definition) is 2. The van der Waals surface area contributed by atoms with Gasteiger partial charge in [0.1, 0.15) is 0 Å². The molecule has 0 fully saturated rings. The number of guanidine groups is 1. The average molecular weight is 348 g/mol. The first-order valence-electron chi connectivity index (χ1n) is 8.77. The Morgan fingerprint density at radius 2 is 1.73 bits per heavy atom. The Kier molecular flexibility index (Phi) is 6.36. The summed E-state index contributed by atoms with van der Waals surface area (Å²) in [7, 11) is 1.79. The third-order valence-corrected chi connectivity index (χ3v) is 4.06. The second-order valence-electron chi connectivity index (χ2n) is 5.90. The van der Waals surface area contributed by atoms with Crippen molar-refractivity contribution in [3.8, 4) is 5.69 Å². The number of benzene rings is 1. The Morgan fingerprint density at radius 3 is 2.35 bits per heavy atom. The number of nitrogens with zero attached hydrogens (tertiary/aromatic N) is 4. The van der Waals surface area contributed by atoms with Gasteiger partial charge in [0.15, 0.2) is 5.96 Å². The Morgan fingerprint density at radius 1 is 0.962 bits per heavy atom. The minimum atomic E-state index is 0.821. The number of aliphatic imine (C=N–C) groups is 1. The van der Waals surface area contributed by atoms with Crippen LogP contribution in [0.2, 0.25) is 0 Å². The quantitative estimate of drug-likeness (QED) is 0.507. The zero-order chi connectivity index (χ0) is 18.0. The van der Waals surface area contributed by atoms with E-state index in [-0.39, 0.29) is 0 Å². The van der Waals surface area contributed by atoms with Gasteiger partial charge in [0.25, 0.3) is 0 Å². The number of rotatable bonds is 7. The van der Waals surface area contributed by atoms with Crippen molar-refractivity contribution in [1.82, 2.24) is 25.4 Å². The van der Waals surface area contributed by atoms with E-state index in [1.54, 1.807) is 19.4 Å². The normalized spacial score (nSPS) is 11.3. The molecular formula is C20H24N6. The first kappa shape index (κ1) is 17.7. The maximum atomic E-state index is 4.27. The minimum Gasteiger partial charge on any atom is -0.356 e. The van der Waals surface area contributed by atoms with E-state index in [9.17, 15) is 0 Å². The van der Waals surface area contributed by atoms with Crippen LogP contribution in [0, 0.1) is 0 Å². The van der Waals surface area contributed by atoms with E-state index in [1.807, 2.05) is 29.2 Å². The van der Waals surface area contributed by atoms with Gasteiger partial charge >= 0.3 is 0 Å². The van der Waals surface area contributed by atoms with E-state index in [4.69, 9.17) is 0 Å². The number of nitrogens with one attached hydrogen (secondary N) is 2. The molecule has 0 amide bonds. The fourth-order valence-electron chi connectivity index (χ4n) is 2.65. The molecule has 0 spiro atoms. The summed E-state index contributed by atoms with van der Waals surface area (Å²) in [6.07, 6.45) is 9.26. The molecule has 0 aliphatic rings. The van der Waals surface area contributed by atoms with Crippen molar-refractivity contribution in [3.05, 3.63) is 78.4 Å². The molecule has 1 aromatic carbocycles. The Hall–Kier alpha value is -3.15. The van der Waals surface area contributed by atoms with Crippen LogP contribution in [-0.2, 0) is 12.8 Å². The summed E-state index contributed by atoms with van der Waals surface area (Å²) in [6, 6.07) is 14.4. The largest absolute Gasteiger partial charge is 0.356 e. The molecule has 0 radical (unpaired) electrons. The Bertz CT molecular complexity index is 794. The summed E-state index contributed by atoms with van der Waals surface area (Å²) in [5.41, 5.74) is 3.56. The third-order valence-electron chi connectivity index (χ3n) is 4.06. The van der Waals surface area contributed by atoms with Gasteiger partial charge in [-0.15, -0.1) is 0 Å². The maximum Gasteiger partial charge on any atom is 0.190 e. The second-order valence-corrected chi connectivity index (χ2v) is 5.90. The molecule has 3 aromatic rings. The summed E-state index contributed by atoms with van der Waals surface area (Å²) in [5, 5.41) is 10.9. The van der Waals surface area contributed by atoms with Crippen LogP contribution in [0.3, 0.4) is 0 Å². The van der Waals surface area contributed by atoms with Crippen molar-refractivity contribution in [3.63, 3.8) is 0 Å². The van der Waals surface area contributed by atoms with Gasteiger partial charge in [-0.1, -0.05) is 18.2 Å². The van der Waals surface area contributed by atoms with Gasteiger partial charge in [-0.05, 0) is 48.2 Å². The molecule has 134 valence electrons. The monoisotopic (exact) mass is 348 g/mol. The van der Waals surface area contributed by atoms with Crippen LogP contribution in [0.5, 0.6) is 0 Å². The zero-order valence-electron chi connectivity index (χ0n) is 15.0. The second kappa shape index (κ2) is 9.36. The van der Waals surface area contributed by atoms with Gasteiger partial charge in [-0.25, -0.2) is 4.68 Å². The van der Waals surface area contributed by atoms with Crippen LogP contribution in [0.25, 0.3) is 5.69 Å². The highest BCUT2D eigenvalue weighted by atomic mass is 15.3. The molecule has 0 unspecified atom stereocenters. The van der Waals surface area contributed by atoms with E-state index in [1.165, 1.54) is 11.1 Å². The van der Waals surface area contributed by atoms with Crippen molar-refractivity contribution < 1.29 is 0 Å². The number of pyridine rings is 1.